The van der Waals surface area contributed by atoms with E-state index in [0.29, 0.717) is 5.56 Å². The molecule has 2 rings (SSSR count). The highest BCUT2D eigenvalue weighted by atomic mass is 19.1. The molecule has 3 nitrogen and oxygen atoms in total. The predicted molar refractivity (Wildman–Crippen MR) is 75.3 cm³/mol. The van der Waals surface area contributed by atoms with Gasteiger partial charge in [-0.3, -0.25) is 4.79 Å². The van der Waals surface area contributed by atoms with Gasteiger partial charge in [-0.15, -0.1) is 0 Å². The number of hydrogen-bond donors (Lipinski definition) is 1. The molecule has 104 valence electrons. The van der Waals surface area contributed by atoms with Gasteiger partial charge in [-0.1, -0.05) is 30.3 Å². The average molecular weight is 273 g/mol. The topological polar surface area (TPSA) is 52.3 Å². The van der Waals surface area contributed by atoms with Crippen molar-refractivity contribution < 1.29 is 13.9 Å². The summed E-state index contributed by atoms with van der Waals surface area (Å²) >= 11 is 0. The highest BCUT2D eigenvalue weighted by Crippen LogP contribution is 2.21. The summed E-state index contributed by atoms with van der Waals surface area (Å²) in [7, 11) is 1.38. The van der Waals surface area contributed by atoms with Crippen molar-refractivity contribution in [1.29, 1.82) is 0 Å². The molecule has 2 aromatic rings. The number of nitrogens with two attached hydrogens (primary N) is 1. The lowest BCUT2D eigenvalue weighted by Gasteiger charge is -2.11. The number of rotatable bonds is 5. The maximum absolute atomic E-state index is 13.6. The van der Waals surface area contributed by atoms with E-state index in [-0.39, 0.29) is 18.0 Å². The molecule has 4 heteroatoms. The van der Waals surface area contributed by atoms with Crippen molar-refractivity contribution in [2.75, 3.05) is 7.11 Å². The first-order chi connectivity index (χ1) is 9.61. The van der Waals surface area contributed by atoms with Crippen LogP contribution in [0.15, 0.2) is 48.5 Å². The van der Waals surface area contributed by atoms with Crippen LogP contribution >= 0.6 is 0 Å². The van der Waals surface area contributed by atoms with Gasteiger partial charge in [0.15, 0.2) is 17.3 Å². The molecule has 0 heterocycles. The minimum atomic E-state index is -0.549. The molecule has 0 saturated heterocycles. The summed E-state index contributed by atoms with van der Waals surface area (Å²) in [5.41, 5.74) is 7.17. The van der Waals surface area contributed by atoms with Crippen LogP contribution in [-0.2, 0) is 0 Å². The molecule has 0 aliphatic rings. The van der Waals surface area contributed by atoms with Crippen LogP contribution in [0.2, 0.25) is 0 Å². The quantitative estimate of drug-likeness (QED) is 0.852. The Bertz CT molecular complexity index is 599. The largest absolute Gasteiger partial charge is 0.494 e. The molecule has 0 aliphatic carbocycles. The number of hydrogen-bond acceptors (Lipinski definition) is 3. The minimum absolute atomic E-state index is 0.119. The Morgan fingerprint density at radius 2 is 1.95 bits per heavy atom. The molecule has 0 spiro atoms. The van der Waals surface area contributed by atoms with E-state index in [4.69, 9.17) is 10.5 Å². The fraction of sp³-hybridized carbons (Fsp3) is 0.188. The zero-order valence-electron chi connectivity index (χ0n) is 11.2. The second-order valence-electron chi connectivity index (χ2n) is 4.49. The Balaban J connectivity index is 2.10. The van der Waals surface area contributed by atoms with E-state index in [9.17, 15) is 9.18 Å². The van der Waals surface area contributed by atoms with Crippen molar-refractivity contribution in [3.63, 3.8) is 0 Å². The second kappa shape index (κ2) is 6.30. The summed E-state index contributed by atoms with van der Waals surface area (Å²) in [6.45, 7) is 0. The zero-order valence-corrected chi connectivity index (χ0v) is 11.2. The number of carbonyl (C=O) groups excluding carboxylic acids is 1. The fourth-order valence-corrected chi connectivity index (χ4v) is 1.98. The summed E-state index contributed by atoms with van der Waals surface area (Å²) < 4.78 is 18.4. The summed E-state index contributed by atoms with van der Waals surface area (Å²) in [5.74, 6) is -0.622. The van der Waals surface area contributed by atoms with Crippen LogP contribution < -0.4 is 10.5 Å². The summed E-state index contributed by atoms with van der Waals surface area (Å²) in [4.78, 5) is 12.1. The van der Waals surface area contributed by atoms with Gasteiger partial charge in [-0.05, 0) is 23.8 Å². The van der Waals surface area contributed by atoms with Gasteiger partial charge in [-0.2, -0.15) is 0 Å². The number of ether oxygens (including phenoxy) is 1. The lowest BCUT2D eigenvalue weighted by atomic mass is 9.98. The molecule has 0 amide bonds. The summed E-state index contributed by atoms with van der Waals surface area (Å²) in [6, 6.07) is 13.1. The standard InChI is InChI=1S/C16H16FNO2/c1-20-16-8-7-12(9-13(16)17)15(19)10-14(18)11-5-3-2-4-6-11/h2-9,14H,10,18H2,1H3. The number of ketones is 1. The van der Waals surface area contributed by atoms with Crippen LogP contribution in [0.5, 0.6) is 5.75 Å². The number of halogens is 1. The smallest absolute Gasteiger partial charge is 0.165 e. The zero-order chi connectivity index (χ0) is 14.5. The van der Waals surface area contributed by atoms with Gasteiger partial charge in [-0.25, -0.2) is 4.39 Å². The van der Waals surface area contributed by atoms with Crippen molar-refractivity contribution in [2.24, 2.45) is 5.73 Å². The van der Waals surface area contributed by atoms with Gasteiger partial charge in [0.2, 0.25) is 0 Å². The van der Waals surface area contributed by atoms with Crippen molar-refractivity contribution in [3.8, 4) is 5.75 Å². The fourth-order valence-electron chi connectivity index (χ4n) is 1.98. The predicted octanol–water partition coefficient (Wildman–Crippen LogP) is 3.11. The molecular weight excluding hydrogens is 257 g/mol. The molecule has 0 aliphatic heterocycles. The Hall–Kier alpha value is -2.20. The Kier molecular flexibility index (Phi) is 4.48. The summed E-state index contributed by atoms with van der Waals surface area (Å²) in [5, 5.41) is 0. The van der Waals surface area contributed by atoms with Gasteiger partial charge in [0.05, 0.1) is 7.11 Å². The van der Waals surface area contributed by atoms with Crippen molar-refractivity contribution >= 4 is 5.78 Å². The number of methoxy groups -OCH3 is 1. The maximum atomic E-state index is 13.6. The third-order valence-electron chi connectivity index (χ3n) is 3.11. The average Bonchev–Trinajstić information content (AvgIpc) is 2.48. The third kappa shape index (κ3) is 3.22. The summed E-state index contributed by atoms with van der Waals surface area (Å²) in [6.07, 6.45) is 0.135. The normalized spacial score (nSPS) is 11.9. The first kappa shape index (κ1) is 14.2. The van der Waals surface area contributed by atoms with Crippen molar-refractivity contribution in [1.82, 2.24) is 0 Å². The lowest BCUT2D eigenvalue weighted by molar-refractivity contribution is 0.0974. The lowest BCUT2D eigenvalue weighted by Crippen LogP contribution is -2.15. The van der Waals surface area contributed by atoms with Gasteiger partial charge < -0.3 is 10.5 Å². The van der Waals surface area contributed by atoms with Crippen LogP contribution in [0, 0.1) is 5.82 Å². The minimum Gasteiger partial charge on any atom is -0.494 e. The third-order valence-corrected chi connectivity index (χ3v) is 3.11. The maximum Gasteiger partial charge on any atom is 0.165 e. The molecule has 2 N–H and O–H groups in total. The first-order valence-corrected chi connectivity index (χ1v) is 6.29. The molecule has 1 atom stereocenters. The van der Waals surface area contributed by atoms with Crippen LogP contribution in [0.25, 0.3) is 0 Å². The molecule has 20 heavy (non-hydrogen) atoms. The monoisotopic (exact) mass is 273 g/mol. The Morgan fingerprint density at radius 3 is 2.55 bits per heavy atom. The van der Waals surface area contributed by atoms with E-state index in [1.807, 2.05) is 30.3 Å². The molecule has 0 aromatic heterocycles. The van der Waals surface area contributed by atoms with Crippen LogP contribution in [0.4, 0.5) is 4.39 Å². The molecule has 2 aromatic carbocycles. The second-order valence-corrected chi connectivity index (χ2v) is 4.49. The Morgan fingerprint density at radius 1 is 1.25 bits per heavy atom. The van der Waals surface area contributed by atoms with E-state index >= 15 is 0 Å². The van der Waals surface area contributed by atoms with Gasteiger partial charge in [0.1, 0.15) is 0 Å². The van der Waals surface area contributed by atoms with E-state index in [1.165, 1.54) is 19.2 Å². The molecular formula is C16H16FNO2. The highest BCUT2D eigenvalue weighted by molar-refractivity contribution is 5.96. The van der Waals surface area contributed by atoms with Crippen LogP contribution in [0.3, 0.4) is 0 Å². The van der Waals surface area contributed by atoms with E-state index in [1.54, 1.807) is 6.07 Å². The van der Waals surface area contributed by atoms with Gasteiger partial charge in [0, 0.05) is 18.0 Å². The van der Waals surface area contributed by atoms with Gasteiger partial charge >= 0.3 is 0 Å². The molecule has 0 bridgehead atoms. The van der Waals surface area contributed by atoms with E-state index < -0.39 is 11.9 Å². The number of carbonyl (C=O) groups is 1. The molecule has 0 radical (unpaired) electrons. The number of Topliss-reactive ketones (excluding diaryl/α,β-unsaturated/α-hetero) is 1. The van der Waals surface area contributed by atoms with Crippen molar-refractivity contribution in [2.45, 2.75) is 12.5 Å². The Labute approximate surface area is 117 Å². The van der Waals surface area contributed by atoms with Crippen LogP contribution in [-0.4, -0.2) is 12.9 Å². The SMILES string of the molecule is COc1ccc(C(=O)CC(N)c2ccccc2)cc1F. The number of benzene rings is 2. The van der Waals surface area contributed by atoms with E-state index in [2.05, 4.69) is 0 Å². The van der Waals surface area contributed by atoms with Crippen LogP contribution in [0.1, 0.15) is 28.4 Å². The molecule has 0 fully saturated rings. The highest BCUT2D eigenvalue weighted by Gasteiger charge is 2.15. The molecule has 0 saturated carbocycles. The van der Waals surface area contributed by atoms with Gasteiger partial charge in [0.25, 0.3) is 0 Å². The first-order valence-electron chi connectivity index (χ1n) is 6.29. The molecule has 1 unspecified atom stereocenters. The van der Waals surface area contributed by atoms with E-state index in [0.717, 1.165) is 5.56 Å². The van der Waals surface area contributed by atoms with Crippen molar-refractivity contribution in [3.05, 3.63) is 65.5 Å².